The number of rotatable bonds is 5. The maximum absolute atomic E-state index is 13.7. The lowest BCUT2D eigenvalue weighted by atomic mass is 9.93. The first-order chi connectivity index (χ1) is 13.5. The first kappa shape index (κ1) is 20.3. The Balaban J connectivity index is 1.68. The molecule has 152 valence electrons. The monoisotopic (exact) mass is 386 g/mol. The Labute approximate surface area is 167 Å². The third kappa shape index (κ3) is 4.70. The quantitative estimate of drug-likeness (QED) is 0.634. The van der Waals surface area contributed by atoms with E-state index in [0.717, 1.165) is 31.0 Å². The summed E-state index contributed by atoms with van der Waals surface area (Å²) in [6, 6.07) is 7.25. The van der Waals surface area contributed by atoms with Crippen molar-refractivity contribution < 1.29 is 4.39 Å². The molecular weight excluding hydrogens is 355 g/mol. The molecule has 1 N–H and O–H groups in total. The highest BCUT2D eigenvalue weighted by Gasteiger charge is 2.29. The van der Waals surface area contributed by atoms with Gasteiger partial charge in [0, 0.05) is 39.1 Å². The molecule has 3 rings (SSSR count). The van der Waals surface area contributed by atoms with Gasteiger partial charge in [0.15, 0.2) is 5.96 Å². The Morgan fingerprint density at radius 3 is 2.89 bits per heavy atom. The van der Waals surface area contributed by atoms with E-state index in [1.807, 2.05) is 45.9 Å². The molecule has 0 amide bonds. The van der Waals surface area contributed by atoms with Crippen molar-refractivity contribution in [1.29, 1.82) is 0 Å². The number of nitrogens with zero attached hydrogens (tertiary/aromatic N) is 5. The fraction of sp³-hybridized carbons (Fsp3) is 0.524. The molecular formula is C21H31FN6. The van der Waals surface area contributed by atoms with Crippen molar-refractivity contribution in [1.82, 2.24) is 24.7 Å². The summed E-state index contributed by atoms with van der Waals surface area (Å²) in [6.45, 7) is 4.82. The van der Waals surface area contributed by atoms with Crippen LogP contribution in [0.4, 0.5) is 4.39 Å². The number of likely N-dealkylation sites (tertiary alicyclic amines) is 1. The van der Waals surface area contributed by atoms with Gasteiger partial charge in [-0.05, 0) is 44.1 Å². The number of aromatic nitrogens is 2. The molecule has 7 heteroatoms. The highest BCUT2D eigenvalue weighted by molar-refractivity contribution is 5.80. The summed E-state index contributed by atoms with van der Waals surface area (Å²) >= 11 is 0. The lowest BCUT2D eigenvalue weighted by molar-refractivity contribution is 0.187. The summed E-state index contributed by atoms with van der Waals surface area (Å²) in [7, 11) is 5.84. The van der Waals surface area contributed by atoms with Crippen molar-refractivity contribution >= 4 is 5.96 Å². The van der Waals surface area contributed by atoms with Crippen molar-refractivity contribution in [2.24, 2.45) is 10.9 Å². The van der Waals surface area contributed by atoms with Crippen molar-refractivity contribution in [2.45, 2.75) is 25.4 Å². The number of nitrogens with one attached hydrogen (secondary N) is 1. The van der Waals surface area contributed by atoms with Gasteiger partial charge < -0.3 is 19.7 Å². The van der Waals surface area contributed by atoms with Crippen LogP contribution < -0.4 is 5.32 Å². The van der Waals surface area contributed by atoms with E-state index >= 15 is 0 Å². The largest absolute Gasteiger partial charge is 0.354 e. The second kappa shape index (κ2) is 9.19. The highest BCUT2D eigenvalue weighted by atomic mass is 19.1. The molecule has 28 heavy (non-hydrogen) atoms. The minimum Gasteiger partial charge on any atom is -0.354 e. The first-order valence-corrected chi connectivity index (χ1v) is 9.84. The van der Waals surface area contributed by atoms with Gasteiger partial charge in [0.2, 0.25) is 0 Å². The fourth-order valence-corrected chi connectivity index (χ4v) is 3.93. The van der Waals surface area contributed by atoms with Gasteiger partial charge in [-0.3, -0.25) is 4.99 Å². The van der Waals surface area contributed by atoms with Gasteiger partial charge >= 0.3 is 0 Å². The van der Waals surface area contributed by atoms with Crippen LogP contribution in [0.5, 0.6) is 0 Å². The molecule has 2 heterocycles. The average Bonchev–Trinajstić information content (AvgIpc) is 3.20. The van der Waals surface area contributed by atoms with Gasteiger partial charge in [-0.2, -0.15) is 0 Å². The summed E-state index contributed by atoms with van der Waals surface area (Å²) in [5, 5.41) is 3.51. The molecule has 1 fully saturated rings. The van der Waals surface area contributed by atoms with Crippen LogP contribution in [0, 0.1) is 11.7 Å². The predicted molar refractivity (Wildman–Crippen MR) is 111 cm³/mol. The summed E-state index contributed by atoms with van der Waals surface area (Å²) in [5.74, 6) is 1.27. The number of likely N-dealkylation sites (N-methyl/N-ethyl adjacent to an activating group) is 1. The molecule has 0 aliphatic carbocycles. The van der Waals surface area contributed by atoms with E-state index in [0.29, 0.717) is 18.5 Å². The van der Waals surface area contributed by atoms with Gasteiger partial charge in [0.25, 0.3) is 0 Å². The number of hydrogen-bond donors (Lipinski definition) is 1. The van der Waals surface area contributed by atoms with E-state index in [2.05, 4.69) is 36.6 Å². The topological polar surface area (TPSA) is 48.7 Å². The Morgan fingerprint density at radius 2 is 2.25 bits per heavy atom. The predicted octanol–water partition coefficient (Wildman–Crippen LogP) is 2.78. The lowest BCUT2D eigenvalue weighted by Gasteiger charge is -2.39. The Bertz CT molecular complexity index is 773. The number of hydrogen-bond acceptors (Lipinski definition) is 3. The molecule has 3 atom stereocenters. The molecule has 1 aliphatic rings. The molecule has 2 aromatic rings. The summed E-state index contributed by atoms with van der Waals surface area (Å²) < 4.78 is 15.9. The van der Waals surface area contributed by atoms with Crippen LogP contribution in [0.1, 0.15) is 31.0 Å². The second-order valence-corrected chi connectivity index (χ2v) is 7.75. The van der Waals surface area contributed by atoms with E-state index < -0.39 is 0 Å². The number of guanidine groups is 1. The molecule has 0 bridgehead atoms. The number of benzene rings is 1. The van der Waals surface area contributed by atoms with Gasteiger partial charge in [-0.1, -0.05) is 19.1 Å². The standard InChI is InChI=1S/C21H31FN6/c1-16-8-10-27(14-20(16)28-11-9-24-15-28)21(23-2)25-13-19(26(3)4)17-6-5-7-18(22)12-17/h5-7,9,11-12,15-16,19-20H,8,10,13-14H2,1-4H3,(H,23,25). The van der Waals surface area contributed by atoms with Crippen LogP contribution in [0.2, 0.25) is 0 Å². The fourth-order valence-electron chi connectivity index (χ4n) is 3.93. The third-order valence-electron chi connectivity index (χ3n) is 5.65. The Morgan fingerprint density at radius 1 is 1.43 bits per heavy atom. The molecule has 6 nitrogen and oxygen atoms in total. The summed E-state index contributed by atoms with van der Waals surface area (Å²) in [6.07, 6.45) is 6.86. The Hall–Kier alpha value is -2.41. The molecule has 0 spiro atoms. The zero-order valence-corrected chi connectivity index (χ0v) is 17.2. The molecule has 0 saturated carbocycles. The van der Waals surface area contributed by atoms with Gasteiger partial charge in [-0.15, -0.1) is 0 Å². The maximum Gasteiger partial charge on any atom is 0.193 e. The van der Waals surface area contributed by atoms with E-state index in [1.54, 1.807) is 12.1 Å². The van der Waals surface area contributed by atoms with Gasteiger partial charge in [-0.25, -0.2) is 9.37 Å². The number of imidazole rings is 1. The zero-order valence-electron chi connectivity index (χ0n) is 17.2. The van der Waals surface area contributed by atoms with Gasteiger partial charge in [0.05, 0.1) is 18.4 Å². The minimum atomic E-state index is -0.207. The van der Waals surface area contributed by atoms with Gasteiger partial charge in [0.1, 0.15) is 5.82 Å². The molecule has 1 aliphatic heterocycles. The number of halogens is 1. The lowest BCUT2D eigenvalue weighted by Crippen LogP contribution is -2.50. The second-order valence-electron chi connectivity index (χ2n) is 7.75. The van der Waals surface area contributed by atoms with Crippen molar-refractivity contribution in [3.05, 3.63) is 54.4 Å². The SMILES string of the molecule is CN=C(NCC(c1cccc(F)c1)N(C)C)N1CCC(C)C(n2ccnc2)C1. The molecule has 1 saturated heterocycles. The smallest absolute Gasteiger partial charge is 0.193 e. The van der Waals surface area contributed by atoms with E-state index in [1.165, 1.54) is 6.07 Å². The van der Waals surface area contributed by atoms with Crippen LogP contribution in [0.3, 0.4) is 0 Å². The van der Waals surface area contributed by atoms with Crippen LogP contribution in [-0.4, -0.2) is 66.1 Å². The van der Waals surface area contributed by atoms with Crippen molar-refractivity contribution in [2.75, 3.05) is 40.8 Å². The van der Waals surface area contributed by atoms with E-state index in [9.17, 15) is 4.39 Å². The number of aliphatic imine (C=N–C) groups is 1. The third-order valence-corrected chi connectivity index (χ3v) is 5.65. The zero-order chi connectivity index (χ0) is 20.1. The van der Waals surface area contributed by atoms with Crippen LogP contribution in [-0.2, 0) is 0 Å². The molecule has 0 radical (unpaired) electrons. The maximum atomic E-state index is 13.7. The Kier molecular flexibility index (Phi) is 6.67. The average molecular weight is 387 g/mol. The summed E-state index contributed by atoms with van der Waals surface area (Å²) in [4.78, 5) is 13.1. The summed E-state index contributed by atoms with van der Waals surface area (Å²) in [5.41, 5.74) is 0.955. The first-order valence-electron chi connectivity index (χ1n) is 9.84. The van der Waals surface area contributed by atoms with Crippen molar-refractivity contribution in [3.8, 4) is 0 Å². The van der Waals surface area contributed by atoms with E-state index in [4.69, 9.17) is 0 Å². The molecule has 1 aromatic carbocycles. The van der Waals surface area contributed by atoms with Crippen LogP contribution in [0.25, 0.3) is 0 Å². The van der Waals surface area contributed by atoms with Crippen LogP contribution >= 0.6 is 0 Å². The molecule has 1 aromatic heterocycles. The van der Waals surface area contributed by atoms with Crippen LogP contribution in [0.15, 0.2) is 48.0 Å². The normalized spacial score (nSPS) is 21.8. The van der Waals surface area contributed by atoms with E-state index in [-0.39, 0.29) is 11.9 Å². The van der Waals surface area contributed by atoms with Crippen molar-refractivity contribution in [3.63, 3.8) is 0 Å². The highest BCUT2D eigenvalue weighted by Crippen LogP contribution is 2.27. The number of piperidine rings is 1. The minimum absolute atomic E-state index is 0.0561. The molecule has 3 unspecified atom stereocenters.